The number of alkyl halides is 1. The van der Waals surface area contributed by atoms with Crippen molar-refractivity contribution in [3.63, 3.8) is 0 Å². The Kier molecular flexibility index (Phi) is 3.13. The van der Waals surface area contributed by atoms with Crippen LogP contribution in [0.3, 0.4) is 0 Å². The average molecular weight is 213 g/mol. The van der Waals surface area contributed by atoms with Crippen molar-refractivity contribution in [3.05, 3.63) is 18.0 Å². The van der Waals surface area contributed by atoms with Crippen molar-refractivity contribution in [2.45, 2.75) is 4.83 Å². The molecule has 0 rings (SSSR count). The third kappa shape index (κ3) is 2.91. The van der Waals surface area contributed by atoms with Crippen LogP contribution in [0.5, 0.6) is 0 Å². The highest BCUT2D eigenvalue weighted by molar-refractivity contribution is 9.14. The highest BCUT2D eigenvalue weighted by Gasteiger charge is 1.92. The molecule has 1 atom stereocenters. The second-order valence-corrected chi connectivity index (χ2v) is 3.04. The molecule has 2 heteroatoms. The van der Waals surface area contributed by atoms with Crippen molar-refractivity contribution in [2.24, 2.45) is 0 Å². The lowest BCUT2D eigenvalue weighted by Gasteiger charge is -1.92. The second kappa shape index (κ2) is 2.80. The molecule has 0 saturated heterocycles. The van der Waals surface area contributed by atoms with E-state index in [-0.39, 0.29) is 4.83 Å². The molecule has 0 saturated carbocycles. The molecular formula is C4H5Br2. The Morgan fingerprint density at radius 2 is 1.83 bits per heavy atom. The minimum Gasteiger partial charge on any atom is -0.0877 e. The van der Waals surface area contributed by atoms with Crippen LogP contribution >= 0.6 is 31.9 Å². The molecule has 0 aliphatic carbocycles. The number of halogens is 2. The lowest BCUT2D eigenvalue weighted by atomic mass is 10.5. The Labute approximate surface area is 54.9 Å². The van der Waals surface area contributed by atoms with E-state index in [1.807, 2.05) is 0 Å². The molecule has 0 aromatic heterocycles. The first-order valence-electron chi connectivity index (χ1n) is 1.46. The molecule has 1 unspecified atom stereocenters. The fourth-order valence-corrected chi connectivity index (χ4v) is 0. The first kappa shape index (κ1) is 6.70. The Hall–Kier alpha value is 0.700. The van der Waals surface area contributed by atoms with Crippen LogP contribution in [-0.4, -0.2) is 4.83 Å². The quantitative estimate of drug-likeness (QED) is 0.587. The van der Waals surface area contributed by atoms with E-state index < -0.39 is 0 Å². The van der Waals surface area contributed by atoms with Crippen molar-refractivity contribution >= 4 is 31.9 Å². The van der Waals surface area contributed by atoms with Crippen molar-refractivity contribution in [1.82, 2.24) is 0 Å². The van der Waals surface area contributed by atoms with Gasteiger partial charge in [-0.3, -0.25) is 0 Å². The predicted molar refractivity (Wildman–Crippen MR) is 36.1 cm³/mol. The van der Waals surface area contributed by atoms with Gasteiger partial charge in [0, 0.05) is 9.31 Å². The molecule has 6 heavy (non-hydrogen) atoms. The maximum atomic E-state index is 3.61. The largest absolute Gasteiger partial charge is 0.0877 e. The standard InChI is InChI=1S/C4H5Br2/c1-3(5)4(2)6/h3H,1-2H2. The van der Waals surface area contributed by atoms with E-state index in [4.69, 9.17) is 0 Å². The summed E-state index contributed by atoms with van der Waals surface area (Å²) in [6.45, 7) is 7.17. The minimum absolute atomic E-state index is 0.137. The Morgan fingerprint density at radius 1 is 1.67 bits per heavy atom. The summed E-state index contributed by atoms with van der Waals surface area (Å²) in [6.07, 6.45) is 0. The van der Waals surface area contributed by atoms with Gasteiger partial charge in [0.15, 0.2) is 0 Å². The van der Waals surface area contributed by atoms with E-state index in [2.05, 4.69) is 45.4 Å². The molecule has 35 valence electrons. The van der Waals surface area contributed by atoms with Gasteiger partial charge in [0.1, 0.15) is 0 Å². The van der Waals surface area contributed by atoms with Gasteiger partial charge in [0.05, 0.1) is 0 Å². The molecular weight excluding hydrogens is 208 g/mol. The molecule has 0 aliphatic rings. The predicted octanol–water partition coefficient (Wildman–Crippen LogP) is 2.49. The van der Waals surface area contributed by atoms with E-state index in [9.17, 15) is 0 Å². The van der Waals surface area contributed by atoms with Gasteiger partial charge in [0.25, 0.3) is 0 Å². The van der Waals surface area contributed by atoms with Crippen LogP contribution in [0.15, 0.2) is 11.1 Å². The molecule has 0 heterocycles. The molecule has 0 aliphatic heterocycles. The van der Waals surface area contributed by atoms with Crippen LogP contribution in [0, 0.1) is 6.92 Å². The van der Waals surface area contributed by atoms with Gasteiger partial charge in [-0.25, -0.2) is 0 Å². The molecule has 0 amide bonds. The van der Waals surface area contributed by atoms with Gasteiger partial charge in [-0.15, -0.1) is 0 Å². The zero-order valence-electron chi connectivity index (χ0n) is 3.25. The fourth-order valence-electron chi connectivity index (χ4n) is 0. The van der Waals surface area contributed by atoms with Crippen LogP contribution in [0.25, 0.3) is 0 Å². The van der Waals surface area contributed by atoms with Crippen molar-refractivity contribution in [2.75, 3.05) is 0 Å². The third-order valence-corrected chi connectivity index (χ3v) is 2.06. The smallest absolute Gasteiger partial charge is 0.0455 e. The summed E-state index contributed by atoms with van der Waals surface area (Å²) in [5.41, 5.74) is 0. The van der Waals surface area contributed by atoms with Gasteiger partial charge < -0.3 is 0 Å². The van der Waals surface area contributed by atoms with Crippen LogP contribution < -0.4 is 0 Å². The SMILES string of the molecule is [CH2]C(Br)C(=C)Br. The van der Waals surface area contributed by atoms with Gasteiger partial charge in [-0.1, -0.05) is 38.4 Å². The first-order valence-corrected chi connectivity index (χ1v) is 3.17. The van der Waals surface area contributed by atoms with Crippen LogP contribution in [0.2, 0.25) is 0 Å². The summed E-state index contributed by atoms with van der Waals surface area (Å²) < 4.78 is 0.877. The normalized spacial score (nSPS) is 13.8. The van der Waals surface area contributed by atoms with E-state index >= 15 is 0 Å². The summed E-state index contributed by atoms with van der Waals surface area (Å²) >= 11 is 6.32. The first-order chi connectivity index (χ1) is 2.64. The monoisotopic (exact) mass is 211 g/mol. The summed E-state index contributed by atoms with van der Waals surface area (Å²) in [7, 11) is 0. The second-order valence-electron chi connectivity index (χ2n) is 0.914. The summed E-state index contributed by atoms with van der Waals surface area (Å²) in [4.78, 5) is 0.137. The van der Waals surface area contributed by atoms with Gasteiger partial charge in [-0.2, -0.15) is 0 Å². The van der Waals surface area contributed by atoms with E-state index in [1.165, 1.54) is 0 Å². The van der Waals surface area contributed by atoms with E-state index in [1.54, 1.807) is 0 Å². The number of allylic oxidation sites excluding steroid dienone is 1. The van der Waals surface area contributed by atoms with E-state index in [0.717, 1.165) is 4.48 Å². The molecule has 0 aromatic rings. The number of hydrogen-bond acceptors (Lipinski definition) is 0. The average Bonchev–Trinajstić information content (AvgIpc) is 1.36. The third-order valence-electron chi connectivity index (χ3n) is 0.340. The molecule has 0 nitrogen and oxygen atoms in total. The maximum absolute atomic E-state index is 3.61. The molecule has 0 bridgehead atoms. The Balaban J connectivity index is 3.26. The fraction of sp³-hybridized carbons (Fsp3) is 0.250. The van der Waals surface area contributed by atoms with Crippen molar-refractivity contribution in [1.29, 1.82) is 0 Å². The number of rotatable bonds is 1. The zero-order valence-corrected chi connectivity index (χ0v) is 6.42. The molecule has 0 spiro atoms. The molecule has 0 fully saturated rings. The molecule has 0 aromatic carbocycles. The highest BCUT2D eigenvalue weighted by atomic mass is 79.9. The van der Waals surface area contributed by atoms with Crippen molar-refractivity contribution < 1.29 is 0 Å². The van der Waals surface area contributed by atoms with Crippen LogP contribution in [0.1, 0.15) is 0 Å². The molecule has 0 N–H and O–H groups in total. The molecule has 1 radical (unpaired) electrons. The van der Waals surface area contributed by atoms with Gasteiger partial charge >= 0.3 is 0 Å². The zero-order chi connectivity index (χ0) is 5.15. The van der Waals surface area contributed by atoms with E-state index in [0.29, 0.717) is 0 Å². The lowest BCUT2D eigenvalue weighted by molar-refractivity contribution is 1.45. The Morgan fingerprint density at radius 3 is 1.83 bits per heavy atom. The summed E-state index contributed by atoms with van der Waals surface area (Å²) in [5, 5.41) is 0. The van der Waals surface area contributed by atoms with Gasteiger partial charge in [0.2, 0.25) is 0 Å². The van der Waals surface area contributed by atoms with Crippen LogP contribution in [0.4, 0.5) is 0 Å². The summed E-state index contributed by atoms with van der Waals surface area (Å²) in [6, 6.07) is 0. The lowest BCUT2D eigenvalue weighted by Crippen LogP contribution is -1.83. The Bertz CT molecular complexity index is 56.6. The van der Waals surface area contributed by atoms with Crippen LogP contribution in [-0.2, 0) is 0 Å². The van der Waals surface area contributed by atoms with Gasteiger partial charge in [-0.05, 0) is 6.92 Å². The maximum Gasteiger partial charge on any atom is 0.0455 e. The number of hydrogen-bond donors (Lipinski definition) is 0. The minimum atomic E-state index is 0.137. The highest BCUT2D eigenvalue weighted by Crippen LogP contribution is 2.13. The van der Waals surface area contributed by atoms with Crippen molar-refractivity contribution in [3.8, 4) is 0 Å². The summed E-state index contributed by atoms with van der Waals surface area (Å²) in [5.74, 6) is 0. The topological polar surface area (TPSA) is 0 Å².